The molecule has 0 amide bonds. The fourth-order valence-electron chi connectivity index (χ4n) is 7.86. The van der Waals surface area contributed by atoms with Crippen LogP contribution in [0.5, 0.6) is 0 Å². The van der Waals surface area contributed by atoms with Gasteiger partial charge in [-0.1, -0.05) is 164 Å². The summed E-state index contributed by atoms with van der Waals surface area (Å²) < 4.78 is 0. The van der Waals surface area contributed by atoms with Crippen LogP contribution in [-0.4, -0.2) is 0 Å². The van der Waals surface area contributed by atoms with E-state index in [1.807, 2.05) is 0 Å². The molecule has 10 aromatic rings. The van der Waals surface area contributed by atoms with E-state index in [9.17, 15) is 0 Å². The smallest absolute Gasteiger partial charge is 0.0462 e. The first-order chi connectivity index (χ1) is 26.2. The van der Waals surface area contributed by atoms with Crippen LogP contribution < -0.4 is 4.90 Å². The van der Waals surface area contributed by atoms with Gasteiger partial charge in [-0.2, -0.15) is 0 Å². The van der Waals surface area contributed by atoms with Crippen LogP contribution in [0.1, 0.15) is 0 Å². The van der Waals surface area contributed by atoms with Gasteiger partial charge in [0, 0.05) is 17.1 Å². The second-order valence-electron chi connectivity index (χ2n) is 13.8. The van der Waals surface area contributed by atoms with Gasteiger partial charge in [-0.25, -0.2) is 0 Å². The van der Waals surface area contributed by atoms with Crippen molar-refractivity contribution in [3.63, 3.8) is 0 Å². The maximum Gasteiger partial charge on any atom is 0.0462 e. The summed E-state index contributed by atoms with van der Waals surface area (Å²) in [6.07, 6.45) is 0. The van der Waals surface area contributed by atoms with E-state index in [0.29, 0.717) is 0 Å². The minimum absolute atomic E-state index is 1.11. The van der Waals surface area contributed by atoms with Crippen molar-refractivity contribution < 1.29 is 0 Å². The lowest BCUT2D eigenvalue weighted by Gasteiger charge is -2.26. The largest absolute Gasteiger partial charge is 0.311 e. The highest BCUT2D eigenvalue weighted by atomic mass is 15.1. The molecule has 0 saturated carbocycles. The molecule has 0 fully saturated rings. The molecule has 0 heterocycles. The molecule has 248 valence electrons. The molecule has 0 atom stereocenters. The zero-order chi connectivity index (χ0) is 35.1. The third kappa shape index (κ3) is 5.69. The Balaban J connectivity index is 1.04. The normalized spacial score (nSPS) is 11.4. The van der Waals surface area contributed by atoms with E-state index < -0.39 is 0 Å². The summed E-state index contributed by atoms with van der Waals surface area (Å²) in [5.41, 5.74) is 10.6. The molecule has 1 nitrogen and oxygen atoms in total. The van der Waals surface area contributed by atoms with Crippen LogP contribution in [0.3, 0.4) is 0 Å². The zero-order valence-electron chi connectivity index (χ0n) is 29.2. The number of rotatable bonds is 6. The molecule has 0 saturated heterocycles. The Morgan fingerprint density at radius 2 is 0.623 bits per heavy atom. The van der Waals surface area contributed by atoms with Crippen LogP contribution >= 0.6 is 0 Å². The molecule has 53 heavy (non-hydrogen) atoms. The Labute approximate surface area is 309 Å². The van der Waals surface area contributed by atoms with Crippen LogP contribution in [0.4, 0.5) is 17.1 Å². The Kier molecular flexibility index (Phi) is 7.55. The molecule has 0 aromatic heterocycles. The maximum absolute atomic E-state index is 2.37. The third-order valence-electron chi connectivity index (χ3n) is 10.6. The molecule has 0 aliphatic heterocycles. The van der Waals surface area contributed by atoms with Crippen molar-refractivity contribution in [2.45, 2.75) is 0 Å². The molecule has 10 rings (SSSR count). The van der Waals surface area contributed by atoms with Crippen molar-refractivity contribution >= 4 is 60.2 Å². The second-order valence-corrected chi connectivity index (χ2v) is 13.8. The molecule has 0 aliphatic rings. The van der Waals surface area contributed by atoms with E-state index >= 15 is 0 Å². The van der Waals surface area contributed by atoms with Gasteiger partial charge >= 0.3 is 0 Å². The van der Waals surface area contributed by atoms with Gasteiger partial charge in [-0.15, -0.1) is 0 Å². The third-order valence-corrected chi connectivity index (χ3v) is 10.6. The molecule has 0 unspecified atom stereocenters. The van der Waals surface area contributed by atoms with Gasteiger partial charge in [0.2, 0.25) is 0 Å². The average Bonchev–Trinajstić information content (AvgIpc) is 3.24. The van der Waals surface area contributed by atoms with Crippen LogP contribution in [0, 0.1) is 0 Å². The average molecular weight is 674 g/mol. The fourth-order valence-corrected chi connectivity index (χ4v) is 7.86. The first-order valence-corrected chi connectivity index (χ1v) is 18.2. The Hall–Kier alpha value is -6.96. The quantitative estimate of drug-likeness (QED) is 0.159. The molecular formula is C52H35N. The molecule has 0 bridgehead atoms. The molecular weight excluding hydrogens is 639 g/mol. The second kappa shape index (κ2) is 13.0. The van der Waals surface area contributed by atoms with E-state index in [1.54, 1.807) is 0 Å². The lowest BCUT2D eigenvalue weighted by Crippen LogP contribution is -2.09. The van der Waals surface area contributed by atoms with Crippen molar-refractivity contribution in [2.75, 3.05) is 4.90 Å². The molecule has 1 heteroatoms. The first-order valence-electron chi connectivity index (χ1n) is 18.2. The van der Waals surface area contributed by atoms with E-state index in [-0.39, 0.29) is 0 Å². The summed E-state index contributed by atoms with van der Waals surface area (Å²) in [4.78, 5) is 2.35. The monoisotopic (exact) mass is 673 g/mol. The van der Waals surface area contributed by atoms with Crippen molar-refractivity contribution in [3.8, 4) is 33.4 Å². The molecule has 0 aliphatic carbocycles. The van der Waals surface area contributed by atoms with Crippen molar-refractivity contribution in [3.05, 3.63) is 212 Å². The van der Waals surface area contributed by atoms with Gasteiger partial charge in [-0.05, 0) is 125 Å². The van der Waals surface area contributed by atoms with Crippen molar-refractivity contribution in [1.29, 1.82) is 0 Å². The fraction of sp³-hybridized carbons (Fsp3) is 0. The number of anilines is 3. The summed E-state index contributed by atoms with van der Waals surface area (Å²) in [5, 5.41) is 10.2. The van der Waals surface area contributed by atoms with Gasteiger partial charge < -0.3 is 4.90 Å². The number of hydrogen-bond acceptors (Lipinski definition) is 1. The Bertz CT molecular complexity index is 2900. The van der Waals surface area contributed by atoms with Crippen molar-refractivity contribution in [2.24, 2.45) is 0 Å². The number of fused-ring (bicyclic) bond motifs is 6. The zero-order valence-corrected chi connectivity index (χ0v) is 29.2. The highest BCUT2D eigenvalue weighted by Crippen LogP contribution is 2.39. The molecule has 0 N–H and O–H groups in total. The molecule has 10 aromatic carbocycles. The van der Waals surface area contributed by atoms with Crippen LogP contribution in [0.2, 0.25) is 0 Å². The maximum atomic E-state index is 2.37. The number of benzene rings is 10. The molecule has 0 spiro atoms. The van der Waals surface area contributed by atoms with E-state index in [0.717, 1.165) is 17.1 Å². The SMILES string of the molecule is c1ccc(-c2ccc(N(c3ccc(-c4ccc5ccccc5c4)cc3)c3ccc(-c4ccc5ccc6ccc7ccccc7c6c5c4)cc3)cc2)cc1. The van der Waals surface area contributed by atoms with E-state index in [2.05, 4.69) is 217 Å². The highest BCUT2D eigenvalue weighted by Gasteiger charge is 2.15. The summed E-state index contributed by atoms with van der Waals surface area (Å²) in [6, 6.07) is 77.2. The number of hydrogen-bond donors (Lipinski definition) is 0. The predicted molar refractivity (Wildman–Crippen MR) is 227 cm³/mol. The Morgan fingerprint density at radius 1 is 0.226 bits per heavy atom. The molecule has 0 radical (unpaired) electrons. The minimum Gasteiger partial charge on any atom is -0.311 e. The van der Waals surface area contributed by atoms with Crippen LogP contribution in [0.25, 0.3) is 76.5 Å². The van der Waals surface area contributed by atoms with Gasteiger partial charge in [0.25, 0.3) is 0 Å². The summed E-state index contributed by atoms with van der Waals surface area (Å²) in [7, 11) is 0. The predicted octanol–water partition coefficient (Wildman–Crippen LogP) is 14.8. The summed E-state index contributed by atoms with van der Waals surface area (Å²) >= 11 is 0. The van der Waals surface area contributed by atoms with E-state index in [1.165, 1.54) is 76.5 Å². The highest BCUT2D eigenvalue weighted by molar-refractivity contribution is 6.20. The summed E-state index contributed by atoms with van der Waals surface area (Å²) in [6.45, 7) is 0. The van der Waals surface area contributed by atoms with Crippen molar-refractivity contribution in [1.82, 2.24) is 0 Å². The summed E-state index contributed by atoms with van der Waals surface area (Å²) in [5.74, 6) is 0. The van der Waals surface area contributed by atoms with Crippen LogP contribution in [-0.2, 0) is 0 Å². The lowest BCUT2D eigenvalue weighted by atomic mass is 9.94. The Morgan fingerprint density at radius 3 is 1.25 bits per heavy atom. The van der Waals surface area contributed by atoms with Gasteiger partial charge in [0.05, 0.1) is 0 Å². The van der Waals surface area contributed by atoms with E-state index in [4.69, 9.17) is 0 Å². The first kappa shape index (κ1) is 30.8. The van der Waals surface area contributed by atoms with Crippen LogP contribution in [0.15, 0.2) is 212 Å². The topological polar surface area (TPSA) is 3.24 Å². The number of nitrogens with zero attached hydrogens (tertiary/aromatic N) is 1. The minimum atomic E-state index is 1.11. The van der Waals surface area contributed by atoms with Gasteiger partial charge in [-0.3, -0.25) is 0 Å². The standard InChI is InChI=1S/C52H35N/c1-2-8-36(9-3-1)38-22-28-47(29-23-38)53(48-30-24-39(25-31-48)45-20-14-37-10-4-5-12-44(37)34-45)49-32-26-40(27-33-49)46-21-17-42-16-19-43-18-15-41-11-6-7-13-50(41)52(43)51(42)35-46/h1-35H. The van der Waals surface area contributed by atoms with Gasteiger partial charge in [0.1, 0.15) is 0 Å². The lowest BCUT2D eigenvalue weighted by molar-refractivity contribution is 1.28. The van der Waals surface area contributed by atoms with Gasteiger partial charge in [0.15, 0.2) is 0 Å².